The van der Waals surface area contributed by atoms with Crippen molar-refractivity contribution in [1.29, 1.82) is 0 Å². The number of nitrogens with one attached hydrogen (secondary N) is 1. The maximum absolute atomic E-state index is 5.00. The number of nitrogens with zero attached hydrogens (tertiary/aromatic N) is 3. The summed E-state index contributed by atoms with van der Waals surface area (Å²) in [5, 5.41) is 3.52. The quantitative estimate of drug-likeness (QED) is 0.659. The molecular formula is C21H34N4. The normalized spacial score (nSPS) is 25.4. The Morgan fingerprint density at radius 2 is 1.96 bits per heavy atom. The van der Waals surface area contributed by atoms with Crippen LogP contribution in [0, 0.1) is 11.8 Å². The Labute approximate surface area is 153 Å². The number of rotatable bonds is 5. The van der Waals surface area contributed by atoms with Crippen molar-refractivity contribution in [1.82, 2.24) is 15.1 Å². The highest BCUT2D eigenvalue weighted by Crippen LogP contribution is 2.21. The van der Waals surface area contributed by atoms with Crippen molar-refractivity contribution in [3.8, 4) is 0 Å². The van der Waals surface area contributed by atoms with Crippen molar-refractivity contribution in [2.45, 2.75) is 32.6 Å². The number of likely N-dealkylation sites (tertiary alicyclic amines) is 2. The van der Waals surface area contributed by atoms with Gasteiger partial charge in [-0.1, -0.05) is 30.3 Å². The Bertz CT molecular complexity index is 542. The van der Waals surface area contributed by atoms with E-state index in [1.807, 2.05) is 0 Å². The van der Waals surface area contributed by atoms with Gasteiger partial charge in [-0.05, 0) is 63.6 Å². The lowest BCUT2D eigenvalue weighted by atomic mass is 9.99. The largest absolute Gasteiger partial charge is 0.357 e. The van der Waals surface area contributed by atoms with Crippen molar-refractivity contribution in [3.05, 3.63) is 35.9 Å². The van der Waals surface area contributed by atoms with Gasteiger partial charge in [-0.25, -0.2) is 0 Å². The van der Waals surface area contributed by atoms with E-state index in [2.05, 4.69) is 59.4 Å². The van der Waals surface area contributed by atoms with Crippen molar-refractivity contribution >= 4 is 5.96 Å². The predicted octanol–water partition coefficient (Wildman–Crippen LogP) is 2.86. The lowest BCUT2D eigenvalue weighted by Gasteiger charge is -2.29. The first-order valence-corrected chi connectivity index (χ1v) is 10.00. The molecule has 2 saturated heterocycles. The van der Waals surface area contributed by atoms with Crippen LogP contribution in [0.2, 0.25) is 0 Å². The van der Waals surface area contributed by atoms with Gasteiger partial charge in [0.2, 0.25) is 0 Å². The molecule has 2 aliphatic rings. The Balaban J connectivity index is 1.54. The van der Waals surface area contributed by atoms with Gasteiger partial charge < -0.3 is 15.1 Å². The number of piperidine rings is 1. The van der Waals surface area contributed by atoms with Crippen LogP contribution in [0.3, 0.4) is 0 Å². The first-order valence-electron chi connectivity index (χ1n) is 10.00. The topological polar surface area (TPSA) is 30.9 Å². The summed E-state index contributed by atoms with van der Waals surface area (Å²) >= 11 is 0. The van der Waals surface area contributed by atoms with Crippen LogP contribution in [0.25, 0.3) is 0 Å². The van der Waals surface area contributed by atoms with Crippen LogP contribution in [-0.2, 0) is 6.42 Å². The van der Waals surface area contributed by atoms with E-state index in [9.17, 15) is 0 Å². The second-order valence-corrected chi connectivity index (χ2v) is 7.76. The molecule has 0 aromatic heterocycles. The molecule has 1 N–H and O–H groups in total. The fraction of sp³-hybridized carbons (Fsp3) is 0.667. The smallest absolute Gasteiger partial charge is 0.193 e. The number of hydrogen-bond donors (Lipinski definition) is 1. The molecule has 0 spiro atoms. The average Bonchev–Trinajstić information content (AvgIpc) is 3.08. The van der Waals surface area contributed by atoms with E-state index in [4.69, 9.17) is 4.99 Å². The lowest BCUT2D eigenvalue weighted by Crippen LogP contribution is -2.41. The zero-order chi connectivity index (χ0) is 17.5. The van der Waals surface area contributed by atoms with Gasteiger partial charge in [-0.2, -0.15) is 0 Å². The molecule has 4 nitrogen and oxygen atoms in total. The van der Waals surface area contributed by atoms with E-state index >= 15 is 0 Å². The Kier molecular flexibility index (Phi) is 6.74. The predicted molar refractivity (Wildman–Crippen MR) is 106 cm³/mol. The summed E-state index contributed by atoms with van der Waals surface area (Å²) in [7, 11) is 2.23. The number of guanidine groups is 1. The van der Waals surface area contributed by atoms with Crippen LogP contribution >= 0.6 is 0 Å². The van der Waals surface area contributed by atoms with Gasteiger partial charge in [-0.3, -0.25) is 4.99 Å². The highest BCUT2D eigenvalue weighted by atomic mass is 15.3. The van der Waals surface area contributed by atoms with Crippen LogP contribution < -0.4 is 5.32 Å². The molecule has 2 aliphatic heterocycles. The lowest BCUT2D eigenvalue weighted by molar-refractivity contribution is 0.214. The maximum Gasteiger partial charge on any atom is 0.193 e. The highest BCUT2D eigenvalue weighted by Gasteiger charge is 2.25. The van der Waals surface area contributed by atoms with Crippen molar-refractivity contribution in [2.24, 2.45) is 16.8 Å². The molecule has 1 aromatic carbocycles. The molecule has 1 aromatic rings. The average molecular weight is 343 g/mol. The zero-order valence-electron chi connectivity index (χ0n) is 16.0. The summed E-state index contributed by atoms with van der Waals surface area (Å²) in [5.74, 6) is 2.59. The van der Waals surface area contributed by atoms with E-state index in [1.165, 1.54) is 44.3 Å². The summed E-state index contributed by atoms with van der Waals surface area (Å²) in [6.07, 6.45) is 5.09. The zero-order valence-corrected chi connectivity index (χ0v) is 16.0. The molecule has 2 heterocycles. The first kappa shape index (κ1) is 18.2. The highest BCUT2D eigenvalue weighted by molar-refractivity contribution is 5.80. The molecule has 138 valence electrons. The Morgan fingerprint density at radius 1 is 1.12 bits per heavy atom. The molecule has 25 heavy (non-hydrogen) atoms. The third-order valence-electron chi connectivity index (χ3n) is 5.51. The molecule has 3 rings (SSSR count). The van der Waals surface area contributed by atoms with Crippen molar-refractivity contribution in [3.63, 3.8) is 0 Å². The van der Waals surface area contributed by atoms with Crippen LogP contribution in [0.15, 0.2) is 35.3 Å². The Morgan fingerprint density at radius 3 is 2.72 bits per heavy atom. The molecule has 2 atom stereocenters. The summed E-state index contributed by atoms with van der Waals surface area (Å²) in [6, 6.07) is 10.9. The standard InChI is InChI=1S/C21H34N4/c1-3-22-21(23-15-20-10-7-12-24(2)16-20)25-13-11-19(17-25)14-18-8-5-4-6-9-18/h4-6,8-9,19-20H,3,7,10-17H2,1-2H3,(H,22,23). The van der Waals surface area contributed by atoms with Gasteiger partial charge in [0, 0.05) is 32.7 Å². The minimum atomic E-state index is 0.718. The first-order chi connectivity index (χ1) is 12.2. The fourth-order valence-corrected chi connectivity index (χ4v) is 4.20. The second kappa shape index (κ2) is 9.23. The van der Waals surface area contributed by atoms with Gasteiger partial charge in [0.25, 0.3) is 0 Å². The number of aliphatic imine (C=N–C) groups is 1. The summed E-state index contributed by atoms with van der Waals surface area (Å²) in [6.45, 7) is 8.78. The van der Waals surface area contributed by atoms with Gasteiger partial charge in [0.05, 0.1) is 0 Å². The van der Waals surface area contributed by atoms with E-state index in [1.54, 1.807) is 0 Å². The molecular weight excluding hydrogens is 308 g/mol. The number of hydrogen-bond acceptors (Lipinski definition) is 2. The molecule has 2 unspecified atom stereocenters. The SMILES string of the molecule is CCNC(=NCC1CCCN(C)C1)N1CCC(Cc2ccccc2)C1. The molecule has 4 heteroatoms. The van der Waals surface area contributed by atoms with Gasteiger partial charge in [0.1, 0.15) is 0 Å². The molecule has 0 bridgehead atoms. The summed E-state index contributed by atoms with van der Waals surface area (Å²) < 4.78 is 0. The van der Waals surface area contributed by atoms with Gasteiger partial charge >= 0.3 is 0 Å². The van der Waals surface area contributed by atoms with Crippen molar-refractivity contribution in [2.75, 3.05) is 46.3 Å². The van der Waals surface area contributed by atoms with Crippen LogP contribution in [0.5, 0.6) is 0 Å². The molecule has 0 radical (unpaired) electrons. The minimum absolute atomic E-state index is 0.718. The Hall–Kier alpha value is -1.55. The monoisotopic (exact) mass is 342 g/mol. The molecule has 2 fully saturated rings. The molecule has 0 saturated carbocycles. The van der Waals surface area contributed by atoms with Crippen LogP contribution in [0.1, 0.15) is 31.7 Å². The third-order valence-corrected chi connectivity index (χ3v) is 5.51. The maximum atomic E-state index is 5.00. The van der Waals surface area contributed by atoms with Crippen molar-refractivity contribution < 1.29 is 0 Å². The van der Waals surface area contributed by atoms with Gasteiger partial charge in [0.15, 0.2) is 5.96 Å². The minimum Gasteiger partial charge on any atom is -0.357 e. The fourth-order valence-electron chi connectivity index (χ4n) is 4.20. The van der Waals surface area contributed by atoms with Crippen LogP contribution in [0.4, 0.5) is 0 Å². The second-order valence-electron chi connectivity index (χ2n) is 7.76. The van der Waals surface area contributed by atoms with E-state index < -0.39 is 0 Å². The molecule has 0 aliphatic carbocycles. The number of benzene rings is 1. The van der Waals surface area contributed by atoms with E-state index in [-0.39, 0.29) is 0 Å². The third kappa shape index (κ3) is 5.46. The van der Waals surface area contributed by atoms with Crippen LogP contribution in [-0.4, -0.2) is 62.1 Å². The molecule has 0 amide bonds. The van der Waals surface area contributed by atoms with Gasteiger partial charge in [-0.15, -0.1) is 0 Å². The van der Waals surface area contributed by atoms with E-state index in [0.29, 0.717) is 0 Å². The summed E-state index contributed by atoms with van der Waals surface area (Å²) in [4.78, 5) is 9.92. The van der Waals surface area contributed by atoms with E-state index in [0.717, 1.165) is 44.0 Å². The summed E-state index contributed by atoms with van der Waals surface area (Å²) in [5.41, 5.74) is 1.46.